The number of halogens is 2. The van der Waals surface area contributed by atoms with E-state index in [0.717, 1.165) is 17.7 Å². The largest absolute Gasteiger partial charge is 0.496 e. The van der Waals surface area contributed by atoms with Crippen LogP contribution >= 0.6 is 35.6 Å². The van der Waals surface area contributed by atoms with Gasteiger partial charge < -0.3 is 24.8 Å². The Morgan fingerprint density at radius 3 is 2.86 bits per heavy atom. The minimum absolute atomic E-state index is 0.0181. The zero-order chi connectivity index (χ0) is 24.8. The average molecular weight is 533 g/mol. The van der Waals surface area contributed by atoms with Crippen molar-refractivity contribution in [1.82, 2.24) is 10.3 Å². The summed E-state index contributed by atoms with van der Waals surface area (Å²) in [5.41, 5.74) is 2.89. The van der Waals surface area contributed by atoms with Crippen molar-refractivity contribution in [3.63, 3.8) is 0 Å². The lowest BCUT2D eigenvalue weighted by Crippen LogP contribution is -2.19. The third-order valence-corrected chi connectivity index (χ3v) is 6.91. The quantitative estimate of drug-likeness (QED) is 0.364. The van der Waals surface area contributed by atoms with Crippen LogP contribution in [0.25, 0.3) is 10.9 Å². The number of aromatic nitrogens is 1. The first-order valence-corrected chi connectivity index (χ1v) is 12.5. The molecule has 182 valence electrons. The number of benzene rings is 2. The van der Waals surface area contributed by atoms with Crippen molar-refractivity contribution in [2.24, 2.45) is 0 Å². The van der Waals surface area contributed by atoms with Crippen LogP contribution < -0.4 is 15.4 Å². The molecular formula is C24H22ClFN4O3S2. The molecule has 2 aromatic carbocycles. The third kappa shape index (κ3) is 6.31. The van der Waals surface area contributed by atoms with Crippen molar-refractivity contribution in [3.05, 3.63) is 58.5 Å². The molecule has 0 spiro atoms. The van der Waals surface area contributed by atoms with Crippen LogP contribution in [0.3, 0.4) is 0 Å². The van der Waals surface area contributed by atoms with Crippen LogP contribution in [0.4, 0.5) is 15.8 Å². The SMILES string of the molecule is COc1cc2ncc(C#N)c(Nc3ccc(F)c(Cl)c3)c2cc1CNC(=S)SCCC1OCCO1. The molecule has 4 rings (SSSR count). The van der Waals surface area contributed by atoms with Crippen LogP contribution in [-0.4, -0.2) is 41.7 Å². The molecule has 0 bridgehead atoms. The van der Waals surface area contributed by atoms with Crippen LogP contribution in [0.5, 0.6) is 5.75 Å². The number of nitrogens with zero attached hydrogens (tertiary/aromatic N) is 2. The van der Waals surface area contributed by atoms with Crippen molar-refractivity contribution in [1.29, 1.82) is 5.26 Å². The maximum Gasteiger partial charge on any atom is 0.158 e. The number of pyridine rings is 1. The maximum atomic E-state index is 13.6. The highest BCUT2D eigenvalue weighted by molar-refractivity contribution is 8.22. The van der Waals surface area contributed by atoms with E-state index in [1.165, 1.54) is 30.1 Å². The van der Waals surface area contributed by atoms with E-state index in [9.17, 15) is 9.65 Å². The summed E-state index contributed by atoms with van der Waals surface area (Å²) in [7, 11) is 1.59. The molecule has 7 nitrogen and oxygen atoms in total. The van der Waals surface area contributed by atoms with Gasteiger partial charge in [0.25, 0.3) is 0 Å². The lowest BCUT2D eigenvalue weighted by Gasteiger charge is -2.16. The van der Waals surface area contributed by atoms with Gasteiger partial charge in [-0.3, -0.25) is 4.98 Å². The summed E-state index contributed by atoms with van der Waals surface area (Å²) in [6.45, 7) is 1.68. The van der Waals surface area contributed by atoms with Crippen LogP contribution in [0, 0.1) is 17.1 Å². The van der Waals surface area contributed by atoms with Gasteiger partial charge in [-0.05, 0) is 24.3 Å². The molecule has 1 aliphatic heterocycles. The van der Waals surface area contributed by atoms with E-state index in [4.69, 9.17) is 38.0 Å². The first kappa shape index (κ1) is 25.4. The van der Waals surface area contributed by atoms with Gasteiger partial charge in [0.1, 0.15) is 22.0 Å². The van der Waals surface area contributed by atoms with Gasteiger partial charge in [-0.2, -0.15) is 5.26 Å². The van der Waals surface area contributed by atoms with E-state index in [1.54, 1.807) is 19.2 Å². The number of ether oxygens (including phenoxy) is 3. The first-order chi connectivity index (χ1) is 17.0. The molecule has 0 saturated carbocycles. The van der Waals surface area contributed by atoms with Gasteiger partial charge in [0.2, 0.25) is 0 Å². The van der Waals surface area contributed by atoms with E-state index < -0.39 is 5.82 Å². The lowest BCUT2D eigenvalue weighted by molar-refractivity contribution is -0.0421. The molecule has 0 atom stereocenters. The molecule has 3 aromatic rings. The Kier molecular flexibility index (Phi) is 8.59. The molecule has 0 amide bonds. The second-order valence-corrected chi connectivity index (χ2v) is 9.72. The molecular weight excluding hydrogens is 511 g/mol. The number of thioether (sulfide) groups is 1. The Morgan fingerprint density at radius 2 is 2.14 bits per heavy atom. The predicted octanol–water partition coefficient (Wildman–Crippen LogP) is 5.52. The van der Waals surface area contributed by atoms with Gasteiger partial charge in [0.05, 0.1) is 42.1 Å². The highest BCUT2D eigenvalue weighted by atomic mass is 35.5. The van der Waals surface area contributed by atoms with E-state index in [1.807, 2.05) is 6.07 Å². The molecule has 0 radical (unpaired) electrons. The van der Waals surface area contributed by atoms with Crippen LogP contribution in [0.15, 0.2) is 36.5 Å². The normalized spacial score (nSPS) is 13.5. The number of hydrogen-bond acceptors (Lipinski definition) is 8. The van der Waals surface area contributed by atoms with Gasteiger partial charge in [0, 0.05) is 47.6 Å². The Hall–Kier alpha value is -2.68. The summed E-state index contributed by atoms with van der Waals surface area (Å²) >= 11 is 12.9. The molecule has 2 N–H and O–H groups in total. The fraction of sp³-hybridized carbons (Fsp3) is 0.292. The Bertz CT molecular complexity index is 1280. The van der Waals surface area contributed by atoms with E-state index >= 15 is 0 Å². The molecule has 2 heterocycles. The van der Waals surface area contributed by atoms with Gasteiger partial charge in [-0.15, -0.1) is 0 Å². The maximum absolute atomic E-state index is 13.6. The standard InChI is InChI=1S/C24H22ClFN4O3S2/c1-31-21-10-20-17(8-14(21)12-29-24(34)35-7-4-22-32-5-6-33-22)23(15(11-27)13-28-20)30-16-2-3-19(26)18(25)9-16/h2-3,8-10,13,22H,4-7,12H2,1H3,(H,28,30)(H,29,34). The van der Waals surface area contributed by atoms with Crippen molar-refractivity contribution >= 4 is 62.2 Å². The highest BCUT2D eigenvalue weighted by Gasteiger charge is 2.17. The second kappa shape index (κ2) is 11.8. The van der Waals surface area contributed by atoms with E-state index in [2.05, 4.69) is 21.7 Å². The number of nitrogens with one attached hydrogen (secondary N) is 2. The van der Waals surface area contributed by atoms with Gasteiger partial charge in [0.15, 0.2) is 6.29 Å². The van der Waals surface area contributed by atoms with Gasteiger partial charge >= 0.3 is 0 Å². The minimum Gasteiger partial charge on any atom is -0.496 e. The van der Waals surface area contributed by atoms with Gasteiger partial charge in [-0.25, -0.2) is 4.39 Å². The Labute approximate surface area is 216 Å². The summed E-state index contributed by atoms with van der Waals surface area (Å²) in [4.78, 5) is 4.41. The highest BCUT2D eigenvalue weighted by Crippen LogP contribution is 2.34. The summed E-state index contributed by atoms with van der Waals surface area (Å²) < 4.78 is 30.7. The molecule has 0 aliphatic carbocycles. The number of methoxy groups -OCH3 is 1. The lowest BCUT2D eigenvalue weighted by atomic mass is 10.0. The molecule has 1 aromatic heterocycles. The number of anilines is 2. The first-order valence-electron chi connectivity index (χ1n) is 10.7. The van der Waals surface area contributed by atoms with E-state index in [-0.39, 0.29) is 11.3 Å². The topological polar surface area (TPSA) is 88.4 Å². The van der Waals surface area contributed by atoms with E-state index in [0.29, 0.717) is 57.7 Å². The van der Waals surface area contributed by atoms with Crippen molar-refractivity contribution < 1.29 is 18.6 Å². The summed E-state index contributed by atoms with van der Waals surface area (Å²) in [5.74, 6) is 0.890. The summed E-state index contributed by atoms with van der Waals surface area (Å²) in [5, 5.41) is 16.8. The van der Waals surface area contributed by atoms with Crippen LogP contribution in [-0.2, 0) is 16.0 Å². The molecule has 1 fully saturated rings. The fourth-order valence-corrected chi connectivity index (χ4v) is 4.74. The molecule has 35 heavy (non-hydrogen) atoms. The molecule has 11 heteroatoms. The zero-order valence-electron chi connectivity index (χ0n) is 18.8. The van der Waals surface area contributed by atoms with Crippen LogP contribution in [0.1, 0.15) is 17.5 Å². The molecule has 1 aliphatic rings. The summed E-state index contributed by atoms with van der Waals surface area (Å²) in [6, 6.07) is 10.1. The number of fused-ring (bicyclic) bond motifs is 1. The number of thiocarbonyl (C=S) groups is 1. The summed E-state index contributed by atoms with van der Waals surface area (Å²) in [6.07, 6.45) is 2.09. The minimum atomic E-state index is -0.521. The fourth-order valence-electron chi connectivity index (χ4n) is 3.57. The average Bonchev–Trinajstić information content (AvgIpc) is 3.38. The number of hydrogen-bond donors (Lipinski definition) is 2. The second-order valence-electron chi connectivity index (χ2n) is 7.54. The Balaban J connectivity index is 1.55. The smallest absolute Gasteiger partial charge is 0.158 e. The molecule has 0 unspecified atom stereocenters. The van der Waals surface area contributed by atoms with Crippen molar-refractivity contribution in [2.45, 2.75) is 19.3 Å². The third-order valence-electron chi connectivity index (χ3n) is 5.28. The monoisotopic (exact) mass is 532 g/mol. The van der Waals surface area contributed by atoms with Crippen molar-refractivity contribution in [3.8, 4) is 11.8 Å². The van der Waals surface area contributed by atoms with Crippen LogP contribution in [0.2, 0.25) is 5.02 Å². The molecule has 1 saturated heterocycles. The number of nitriles is 1. The van der Waals surface area contributed by atoms with Crippen molar-refractivity contribution in [2.75, 3.05) is 31.4 Å². The zero-order valence-corrected chi connectivity index (χ0v) is 21.2. The van der Waals surface area contributed by atoms with Gasteiger partial charge in [-0.1, -0.05) is 35.6 Å². The number of rotatable bonds is 8. The predicted molar refractivity (Wildman–Crippen MR) is 140 cm³/mol. The Morgan fingerprint density at radius 1 is 1.34 bits per heavy atom.